The van der Waals surface area contributed by atoms with Crippen LogP contribution >= 0.6 is 11.6 Å². The second-order valence-electron chi connectivity index (χ2n) is 2.55. The predicted molar refractivity (Wildman–Crippen MR) is 48.2 cm³/mol. The number of hydrogen-bond acceptors (Lipinski definition) is 2. The van der Waals surface area contributed by atoms with E-state index in [9.17, 15) is 0 Å². The first kappa shape index (κ1) is 7.55. The molecule has 0 fully saturated rings. The topological polar surface area (TPSA) is 30.7 Å². The fourth-order valence-electron chi connectivity index (χ4n) is 1.22. The number of halogens is 1. The molecule has 0 unspecified atom stereocenters. The molecule has 0 saturated carbocycles. The maximum atomic E-state index is 5.69. The Labute approximate surface area is 75.0 Å². The number of aromatic nitrogens is 3. The van der Waals surface area contributed by atoms with E-state index in [0.717, 1.165) is 17.6 Å². The lowest BCUT2D eigenvalue weighted by molar-refractivity contribution is 0.779. The van der Waals surface area contributed by atoms with Crippen LogP contribution in [0, 0.1) is 0 Å². The molecule has 0 aliphatic carbocycles. The average molecular weight is 182 g/mol. The highest BCUT2D eigenvalue weighted by Crippen LogP contribution is 2.15. The summed E-state index contributed by atoms with van der Waals surface area (Å²) in [5.41, 5.74) is 0.891. The highest BCUT2D eigenvalue weighted by atomic mass is 35.5. The Hall–Kier alpha value is -1.09. The summed E-state index contributed by atoms with van der Waals surface area (Å²) in [6.07, 6.45) is 1.98. The Balaban J connectivity index is 2.73. The van der Waals surface area contributed by atoms with E-state index in [0.29, 0.717) is 5.15 Å². The first-order chi connectivity index (χ1) is 5.81. The van der Waals surface area contributed by atoms with Crippen LogP contribution in [0.25, 0.3) is 11.0 Å². The lowest BCUT2D eigenvalue weighted by Gasteiger charge is -1.97. The van der Waals surface area contributed by atoms with E-state index in [1.807, 2.05) is 22.9 Å². The molecule has 62 valence electrons. The molecule has 0 spiro atoms. The lowest BCUT2D eigenvalue weighted by Crippen LogP contribution is -1.94. The van der Waals surface area contributed by atoms with Gasteiger partial charge in [0.15, 0.2) is 10.8 Å². The standard InChI is InChI=1S/C8H8ClN3/c1-2-12-4-3-6-5-7(9)10-11-8(6)12/h3-5H,2H2,1H3. The molecule has 0 N–H and O–H groups in total. The van der Waals surface area contributed by atoms with Crippen molar-refractivity contribution in [1.82, 2.24) is 14.8 Å². The minimum atomic E-state index is 0.441. The van der Waals surface area contributed by atoms with Gasteiger partial charge in [-0.15, -0.1) is 10.2 Å². The lowest BCUT2D eigenvalue weighted by atomic mass is 10.4. The van der Waals surface area contributed by atoms with Gasteiger partial charge in [0, 0.05) is 18.1 Å². The molecule has 0 atom stereocenters. The normalized spacial score (nSPS) is 10.8. The summed E-state index contributed by atoms with van der Waals surface area (Å²) in [4.78, 5) is 0. The summed E-state index contributed by atoms with van der Waals surface area (Å²) < 4.78 is 2.03. The van der Waals surface area contributed by atoms with E-state index >= 15 is 0 Å². The van der Waals surface area contributed by atoms with Gasteiger partial charge in [0.1, 0.15) is 0 Å². The smallest absolute Gasteiger partial charge is 0.162 e. The van der Waals surface area contributed by atoms with Gasteiger partial charge in [0.25, 0.3) is 0 Å². The van der Waals surface area contributed by atoms with Crippen molar-refractivity contribution in [2.45, 2.75) is 13.5 Å². The Morgan fingerprint density at radius 2 is 2.33 bits per heavy atom. The van der Waals surface area contributed by atoms with Crippen LogP contribution in [-0.4, -0.2) is 14.8 Å². The van der Waals surface area contributed by atoms with Crippen LogP contribution in [0.15, 0.2) is 18.3 Å². The zero-order chi connectivity index (χ0) is 8.55. The summed E-state index contributed by atoms with van der Waals surface area (Å²) in [5, 5.41) is 9.26. The summed E-state index contributed by atoms with van der Waals surface area (Å²) >= 11 is 5.69. The van der Waals surface area contributed by atoms with Crippen LogP contribution in [0.5, 0.6) is 0 Å². The quantitative estimate of drug-likeness (QED) is 0.675. The summed E-state index contributed by atoms with van der Waals surface area (Å²) in [7, 11) is 0. The molecule has 2 rings (SSSR count). The minimum Gasteiger partial charge on any atom is -0.331 e. The number of nitrogens with zero attached hydrogens (tertiary/aromatic N) is 3. The fraction of sp³-hybridized carbons (Fsp3) is 0.250. The van der Waals surface area contributed by atoms with Crippen molar-refractivity contribution in [1.29, 1.82) is 0 Å². The van der Waals surface area contributed by atoms with Crippen LogP contribution in [0.3, 0.4) is 0 Å². The highest BCUT2D eigenvalue weighted by molar-refractivity contribution is 6.29. The highest BCUT2D eigenvalue weighted by Gasteiger charge is 2.01. The van der Waals surface area contributed by atoms with Gasteiger partial charge in [0.05, 0.1) is 0 Å². The SMILES string of the molecule is CCn1ccc2cc(Cl)nnc21. The molecule has 2 aromatic heterocycles. The van der Waals surface area contributed by atoms with Gasteiger partial charge < -0.3 is 4.57 Å². The van der Waals surface area contributed by atoms with Crippen molar-refractivity contribution in [3.8, 4) is 0 Å². The monoisotopic (exact) mass is 181 g/mol. The molecule has 0 aliphatic rings. The predicted octanol–water partition coefficient (Wildman–Crippen LogP) is 2.10. The van der Waals surface area contributed by atoms with Crippen LogP contribution < -0.4 is 0 Å². The number of rotatable bonds is 1. The molecule has 0 aliphatic heterocycles. The van der Waals surface area contributed by atoms with Crippen LogP contribution in [0.4, 0.5) is 0 Å². The second kappa shape index (κ2) is 2.75. The summed E-state index contributed by atoms with van der Waals surface area (Å²) in [6.45, 7) is 2.97. The molecule has 12 heavy (non-hydrogen) atoms. The van der Waals surface area contributed by atoms with Gasteiger partial charge in [-0.2, -0.15) is 0 Å². The fourth-order valence-corrected chi connectivity index (χ4v) is 1.37. The Kier molecular flexibility index (Phi) is 1.73. The van der Waals surface area contributed by atoms with E-state index in [-0.39, 0.29) is 0 Å². The minimum absolute atomic E-state index is 0.441. The first-order valence-corrected chi connectivity index (χ1v) is 4.17. The molecule has 2 heterocycles. The molecule has 0 aromatic carbocycles. The third-order valence-electron chi connectivity index (χ3n) is 1.82. The average Bonchev–Trinajstić information content (AvgIpc) is 2.46. The number of hydrogen-bond donors (Lipinski definition) is 0. The van der Waals surface area contributed by atoms with Gasteiger partial charge >= 0.3 is 0 Å². The van der Waals surface area contributed by atoms with Gasteiger partial charge in [-0.25, -0.2) is 0 Å². The number of fused-ring (bicyclic) bond motifs is 1. The van der Waals surface area contributed by atoms with E-state index < -0.39 is 0 Å². The van der Waals surface area contributed by atoms with Gasteiger partial charge in [-0.05, 0) is 19.1 Å². The van der Waals surface area contributed by atoms with Crippen molar-refractivity contribution in [3.63, 3.8) is 0 Å². The molecular formula is C8H8ClN3. The second-order valence-corrected chi connectivity index (χ2v) is 2.94. The van der Waals surface area contributed by atoms with Gasteiger partial charge in [-0.1, -0.05) is 11.6 Å². The van der Waals surface area contributed by atoms with E-state index in [4.69, 9.17) is 11.6 Å². The van der Waals surface area contributed by atoms with Crippen molar-refractivity contribution >= 4 is 22.6 Å². The largest absolute Gasteiger partial charge is 0.331 e. The Bertz CT molecular complexity index is 408. The Morgan fingerprint density at radius 3 is 3.08 bits per heavy atom. The molecule has 4 heteroatoms. The number of aryl methyl sites for hydroxylation is 1. The van der Waals surface area contributed by atoms with Gasteiger partial charge in [-0.3, -0.25) is 0 Å². The molecule has 0 bridgehead atoms. The molecule has 2 aromatic rings. The van der Waals surface area contributed by atoms with E-state index in [2.05, 4.69) is 17.1 Å². The maximum absolute atomic E-state index is 5.69. The van der Waals surface area contributed by atoms with E-state index in [1.54, 1.807) is 0 Å². The molecular weight excluding hydrogens is 174 g/mol. The zero-order valence-electron chi connectivity index (χ0n) is 6.66. The van der Waals surface area contributed by atoms with Gasteiger partial charge in [0.2, 0.25) is 0 Å². The molecule has 0 amide bonds. The third kappa shape index (κ3) is 1.06. The molecule has 0 saturated heterocycles. The van der Waals surface area contributed by atoms with Crippen LogP contribution in [0.2, 0.25) is 5.15 Å². The van der Waals surface area contributed by atoms with E-state index in [1.165, 1.54) is 0 Å². The van der Waals surface area contributed by atoms with Crippen LogP contribution in [-0.2, 0) is 6.54 Å². The van der Waals surface area contributed by atoms with Crippen molar-refractivity contribution < 1.29 is 0 Å². The third-order valence-corrected chi connectivity index (χ3v) is 2.00. The van der Waals surface area contributed by atoms with Crippen molar-refractivity contribution in [2.75, 3.05) is 0 Å². The van der Waals surface area contributed by atoms with Crippen molar-refractivity contribution in [3.05, 3.63) is 23.5 Å². The summed E-state index contributed by atoms with van der Waals surface area (Å²) in [6, 6.07) is 3.80. The summed E-state index contributed by atoms with van der Waals surface area (Å²) in [5.74, 6) is 0. The zero-order valence-corrected chi connectivity index (χ0v) is 7.41. The molecule has 3 nitrogen and oxygen atoms in total. The maximum Gasteiger partial charge on any atom is 0.162 e. The first-order valence-electron chi connectivity index (χ1n) is 3.79. The van der Waals surface area contributed by atoms with Crippen LogP contribution in [0.1, 0.15) is 6.92 Å². The Morgan fingerprint density at radius 1 is 1.50 bits per heavy atom. The molecule has 0 radical (unpaired) electrons. The van der Waals surface area contributed by atoms with Crippen molar-refractivity contribution in [2.24, 2.45) is 0 Å².